The Labute approximate surface area is 175 Å². The molecule has 1 aromatic heterocycles. The Morgan fingerprint density at radius 2 is 2.03 bits per heavy atom. The van der Waals surface area contributed by atoms with E-state index in [0.29, 0.717) is 12.4 Å². The standard InChI is InChI=1S/C20H31FN6O3/c1-11-14(21)13-17(22)24-10-25-18(13)27(11)19-16(29)15(28)12(30-19)9-26-8-2-3-20(26)4-6-23-7-5-20/h10-12,14-16,19,23,28-29H,2-9H2,1H3,(H2,22,24,25)/t11?,12-,14?,15-,16-,19-/m1/s1. The van der Waals surface area contributed by atoms with Gasteiger partial charge in [0.05, 0.1) is 11.6 Å². The summed E-state index contributed by atoms with van der Waals surface area (Å²) in [4.78, 5) is 12.1. The summed E-state index contributed by atoms with van der Waals surface area (Å²) in [7, 11) is 0. The summed E-state index contributed by atoms with van der Waals surface area (Å²) in [6, 6.07) is -0.632. The van der Waals surface area contributed by atoms with E-state index in [1.165, 1.54) is 6.33 Å². The lowest BCUT2D eigenvalue weighted by Gasteiger charge is -2.43. The first-order valence-corrected chi connectivity index (χ1v) is 10.9. The predicted octanol–water partition coefficient (Wildman–Crippen LogP) is -0.0574. The van der Waals surface area contributed by atoms with E-state index < -0.39 is 36.8 Å². The van der Waals surface area contributed by atoms with Gasteiger partial charge >= 0.3 is 0 Å². The molecule has 2 unspecified atom stereocenters. The first kappa shape index (κ1) is 20.3. The molecule has 5 heterocycles. The molecular weight excluding hydrogens is 391 g/mol. The maximum atomic E-state index is 14.9. The van der Waals surface area contributed by atoms with Crippen LogP contribution in [-0.2, 0) is 4.74 Å². The summed E-state index contributed by atoms with van der Waals surface area (Å²) in [5.74, 6) is 0.423. The highest BCUT2D eigenvalue weighted by Crippen LogP contribution is 2.46. The number of ether oxygens (including phenoxy) is 1. The van der Waals surface area contributed by atoms with Gasteiger partial charge in [-0.05, 0) is 52.2 Å². The Kier molecular flexibility index (Phi) is 5.10. The summed E-state index contributed by atoms with van der Waals surface area (Å²) in [6.07, 6.45) is 0.683. The third kappa shape index (κ3) is 3.00. The number of halogens is 1. The summed E-state index contributed by atoms with van der Waals surface area (Å²) in [6.45, 7) is 5.21. The monoisotopic (exact) mass is 422 g/mol. The van der Waals surface area contributed by atoms with E-state index in [1.807, 2.05) is 0 Å². The first-order chi connectivity index (χ1) is 14.4. The molecule has 6 atom stereocenters. The second kappa shape index (κ2) is 7.52. The molecule has 0 aromatic carbocycles. The predicted molar refractivity (Wildman–Crippen MR) is 109 cm³/mol. The van der Waals surface area contributed by atoms with Crippen molar-refractivity contribution in [3.8, 4) is 0 Å². The van der Waals surface area contributed by atoms with E-state index in [-0.39, 0.29) is 16.9 Å². The van der Waals surface area contributed by atoms with Crippen LogP contribution in [0.4, 0.5) is 16.0 Å². The lowest BCUT2D eigenvalue weighted by Crippen LogP contribution is -2.54. The molecule has 4 aliphatic heterocycles. The lowest BCUT2D eigenvalue weighted by atomic mass is 9.85. The fourth-order valence-corrected chi connectivity index (χ4v) is 5.86. The molecule has 3 saturated heterocycles. The van der Waals surface area contributed by atoms with Gasteiger partial charge in [-0.1, -0.05) is 0 Å². The summed E-state index contributed by atoms with van der Waals surface area (Å²) in [5.41, 5.74) is 6.26. The highest BCUT2D eigenvalue weighted by atomic mass is 19.1. The molecule has 30 heavy (non-hydrogen) atoms. The number of rotatable bonds is 3. The zero-order valence-corrected chi connectivity index (χ0v) is 17.2. The maximum Gasteiger partial charge on any atom is 0.161 e. The van der Waals surface area contributed by atoms with Gasteiger partial charge in [-0.15, -0.1) is 0 Å². The fourth-order valence-electron chi connectivity index (χ4n) is 5.86. The Morgan fingerprint density at radius 1 is 1.27 bits per heavy atom. The van der Waals surface area contributed by atoms with Crippen LogP contribution in [0.1, 0.15) is 44.3 Å². The second-order valence-corrected chi connectivity index (χ2v) is 9.12. The van der Waals surface area contributed by atoms with Crippen molar-refractivity contribution in [2.24, 2.45) is 0 Å². The Morgan fingerprint density at radius 3 is 2.80 bits per heavy atom. The number of nitrogens with two attached hydrogens (primary N) is 1. The molecule has 3 fully saturated rings. The van der Waals surface area contributed by atoms with Gasteiger partial charge in [0.1, 0.15) is 36.3 Å². The van der Waals surface area contributed by atoms with E-state index in [1.54, 1.807) is 11.8 Å². The van der Waals surface area contributed by atoms with Crippen molar-refractivity contribution in [1.29, 1.82) is 0 Å². The molecule has 0 bridgehead atoms. The highest BCUT2D eigenvalue weighted by Gasteiger charge is 2.53. The number of likely N-dealkylation sites (tertiary alicyclic amines) is 1. The second-order valence-electron chi connectivity index (χ2n) is 9.12. The molecule has 1 spiro atoms. The zero-order chi connectivity index (χ0) is 21.0. The number of alkyl halides is 1. The van der Waals surface area contributed by atoms with Crippen LogP contribution in [0.2, 0.25) is 0 Å². The van der Waals surface area contributed by atoms with Crippen LogP contribution < -0.4 is 16.0 Å². The summed E-state index contributed by atoms with van der Waals surface area (Å²) < 4.78 is 21.1. The van der Waals surface area contributed by atoms with Gasteiger partial charge in [0.15, 0.2) is 12.4 Å². The molecule has 1 aromatic rings. The minimum atomic E-state index is -1.38. The van der Waals surface area contributed by atoms with Gasteiger partial charge in [0, 0.05) is 12.1 Å². The molecule has 9 nitrogen and oxygen atoms in total. The first-order valence-electron chi connectivity index (χ1n) is 10.9. The number of nitrogen functional groups attached to an aromatic ring is 1. The molecule has 0 radical (unpaired) electrons. The van der Waals surface area contributed by atoms with Crippen LogP contribution in [0, 0.1) is 0 Å². The normalized spacial score (nSPS) is 38.5. The van der Waals surface area contributed by atoms with E-state index in [0.717, 1.165) is 45.3 Å². The van der Waals surface area contributed by atoms with E-state index in [4.69, 9.17) is 10.5 Å². The van der Waals surface area contributed by atoms with Gasteiger partial charge < -0.3 is 30.9 Å². The average molecular weight is 423 g/mol. The number of aliphatic hydroxyl groups excluding tert-OH is 2. The molecular formula is C20H31FN6O3. The topological polar surface area (TPSA) is 120 Å². The summed E-state index contributed by atoms with van der Waals surface area (Å²) >= 11 is 0. The quantitative estimate of drug-likeness (QED) is 0.531. The number of aliphatic hydroxyl groups is 2. The Hall–Kier alpha value is -1.59. The number of anilines is 2. The minimum Gasteiger partial charge on any atom is -0.387 e. The van der Waals surface area contributed by atoms with E-state index in [9.17, 15) is 14.6 Å². The van der Waals surface area contributed by atoms with Crippen molar-refractivity contribution in [2.75, 3.05) is 36.8 Å². The third-order valence-electron chi connectivity index (χ3n) is 7.56. The fraction of sp³-hybridized carbons (Fsp3) is 0.800. The number of fused-ring (bicyclic) bond motifs is 1. The molecule has 166 valence electrons. The smallest absolute Gasteiger partial charge is 0.161 e. The number of aromatic nitrogens is 2. The van der Waals surface area contributed by atoms with Crippen molar-refractivity contribution in [3.05, 3.63) is 11.9 Å². The van der Waals surface area contributed by atoms with Crippen molar-refractivity contribution in [2.45, 2.75) is 74.9 Å². The number of nitrogens with one attached hydrogen (secondary N) is 1. The molecule has 0 aliphatic carbocycles. The molecule has 4 aliphatic rings. The van der Waals surface area contributed by atoms with Gasteiger partial charge in [-0.3, -0.25) is 4.90 Å². The zero-order valence-electron chi connectivity index (χ0n) is 17.2. The van der Waals surface area contributed by atoms with E-state index >= 15 is 0 Å². The van der Waals surface area contributed by atoms with Crippen LogP contribution in [-0.4, -0.2) is 87.4 Å². The van der Waals surface area contributed by atoms with Crippen molar-refractivity contribution >= 4 is 11.6 Å². The Bertz CT molecular complexity index is 794. The summed E-state index contributed by atoms with van der Waals surface area (Å²) in [5, 5.41) is 25.0. The van der Waals surface area contributed by atoms with Crippen molar-refractivity contribution in [3.63, 3.8) is 0 Å². The highest BCUT2D eigenvalue weighted by molar-refractivity contribution is 5.64. The molecule has 5 rings (SSSR count). The van der Waals surface area contributed by atoms with Crippen LogP contribution in [0.25, 0.3) is 0 Å². The van der Waals surface area contributed by atoms with Crippen LogP contribution >= 0.6 is 0 Å². The maximum absolute atomic E-state index is 14.9. The largest absolute Gasteiger partial charge is 0.387 e. The average Bonchev–Trinajstić information content (AvgIpc) is 3.33. The van der Waals surface area contributed by atoms with Gasteiger partial charge in [0.25, 0.3) is 0 Å². The number of hydrogen-bond donors (Lipinski definition) is 4. The lowest BCUT2D eigenvalue weighted by molar-refractivity contribution is -0.0327. The Balaban J connectivity index is 1.36. The molecule has 0 amide bonds. The minimum absolute atomic E-state index is 0.0938. The number of hydrogen-bond acceptors (Lipinski definition) is 9. The number of piperidine rings is 1. The van der Waals surface area contributed by atoms with Gasteiger partial charge in [-0.2, -0.15) is 0 Å². The molecule has 10 heteroatoms. The van der Waals surface area contributed by atoms with E-state index in [2.05, 4.69) is 20.2 Å². The third-order valence-corrected chi connectivity index (χ3v) is 7.56. The van der Waals surface area contributed by atoms with Crippen molar-refractivity contribution in [1.82, 2.24) is 20.2 Å². The van der Waals surface area contributed by atoms with Crippen LogP contribution in [0.15, 0.2) is 6.33 Å². The molecule has 5 N–H and O–H groups in total. The van der Waals surface area contributed by atoms with Gasteiger partial charge in [0.2, 0.25) is 0 Å². The molecule has 0 saturated carbocycles. The number of nitrogens with zero attached hydrogens (tertiary/aromatic N) is 4. The SMILES string of the molecule is CC1C(F)c2c(N)ncnc2N1[C@@H]1O[C@H](CN2CCCC23CCNCC3)[C@@H](O)[C@H]1O. The van der Waals surface area contributed by atoms with Crippen LogP contribution in [0.5, 0.6) is 0 Å². The van der Waals surface area contributed by atoms with Gasteiger partial charge in [-0.25, -0.2) is 14.4 Å². The van der Waals surface area contributed by atoms with Crippen molar-refractivity contribution < 1.29 is 19.3 Å². The van der Waals surface area contributed by atoms with Crippen LogP contribution in [0.3, 0.4) is 0 Å².